The highest BCUT2D eigenvalue weighted by Crippen LogP contribution is 2.43. The van der Waals surface area contributed by atoms with Crippen LogP contribution in [0.25, 0.3) is 0 Å². The second-order valence-electron chi connectivity index (χ2n) is 12.2. The minimum Gasteiger partial charge on any atom is -0.444 e. The summed E-state index contributed by atoms with van der Waals surface area (Å²) in [6, 6.07) is 6.17. The molecule has 0 unspecified atom stereocenters. The number of benzene rings is 1. The monoisotopic (exact) mass is 527 g/mol. The van der Waals surface area contributed by atoms with Gasteiger partial charge in [0.05, 0.1) is 6.07 Å². The third-order valence-corrected chi connectivity index (χ3v) is 8.02. The van der Waals surface area contributed by atoms with Crippen molar-refractivity contribution in [1.29, 1.82) is 5.26 Å². The molecule has 2 aliphatic heterocycles. The van der Waals surface area contributed by atoms with E-state index in [0.29, 0.717) is 11.6 Å². The molecule has 9 heteroatoms. The Labute approximate surface area is 226 Å². The zero-order chi connectivity index (χ0) is 27.6. The number of hydrogen-bond acceptors (Lipinski definition) is 6. The molecule has 208 valence electrons. The fraction of sp³-hybridized carbons (Fsp3) is 0.690. The zero-order valence-corrected chi connectivity index (χ0v) is 23.4. The molecular formula is C29H42FN5O3. The van der Waals surface area contributed by atoms with Crippen LogP contribution in [0.4, 0.5) is 14.9 Å². The van der Waals surface area contributed by atoms with Crippen molar-refractivity contribution in [3.05, 3.63) is 29.6 Å². The van der Waals surface area contributed by atoms with Gasteiger partial charge in [-0.15, -0.1) is 0 Å². The second-order valence-corrected chi connectivity index (χ2v) is 12.2. The smallest absolute Gasteiger partial charge is 0.411 e. The molecule has 3 fully saturated rings. The van der Waals surface area contributed by atoms with E-state index in [-0.39, 0.29) is 30.1 Å². The molecule has 2 bridgehead atoms. The molecule has 4 atom stereocenters. The van der Waals surface area contributed by atoms with Crippen LogP contribution in [0.15, 0.2) is 18.2 Å². The predicted molar refractivity (Wildman–Crippen MR) is 144 cm³/mol. The van der Waals surface area contributed by atoms with E-state index in [2.05, 4.69) is 35.0 Å². The number of nitrogens with zero attached hydrogens (tertiary/aromatic N) is 4. The van der Waals surface area contributed by atoms with Gasteiger partial charge in [0.1, 0.15) is 23.5 Å². The first-order valence-corrected chi connectivity index (χ1v) is 14.0. The molecule has 1 aliphatic carbocycles. The standard InChI is InChI=1S/C29H42FN5O3/c1-19(2)33-11-6-12-34(14-13-33)23-9-7-20(25(30)17-23)15-22(18-31)32-27(36)26-21-8-10-24(16-21)35(26)28(37)38-29(3,4)5/h7,9,17,19,21-22,24,26H,6,8,10-16H2,1-5H3,(H,32,36)/t21-,22-,24+,26-/m0/s1. The van der Waals surface area contributed by atoms with Gasteiger partial charge in [0, 0.05) is 50.4 Å². The van der Waals surface area contributed by atoms with E-state index in [1.807, 2.05) is 6.07 Å². The van der Waals surface area contributed by atoms with E-state index >= 15 is 4.39 Å². The lowest BCUT2D eigenvalue weighted by molar-refractivity contribution is -0.128. The minimum absolute atomic E-state index is 0.0253. The van der Waals surface area contributed by atoms with Crippen molar-refractivity contribution in [1.82, 2.24) is 15.1 Å². The van der Waals surface area contributed by atoms with Gasteiger partial charge >= 0.3 is 6.09 Å². The molecule has 2 saturated heterocycles. The summed E-state index contributed by atoms with van der Waals surface area (Å²) in [5.74, 6) is -0.702. The van der Waals surface area contributed by atoms with Gasteiger partial charge in [0.25, 0.3) is 0 Å². The highest BCUT2D eigenvalue weighted by atomic mass is 19.1. The highest BCUT2D eigenvalue weighted by Gasteiger charge is 2.52. The second kappa shape index (κ2) is 11.5. The molecule has 38 heavy (non-hydrogen) atoms. The lowest BCUT2D eigenvalue weighted by atomic mass is 9.97. The minimum atomic E-state index is -0.903. The molecule has 2 amide bonds. The van der Waals surface area contributed by atoms with E-state index in [1.54, 1.807) is 31.7 Å². The summed E-state index contributed by atoms with van der Waals surface area (Å²) in [5, 5.41) is 12.6. The average molecular weight is 528 g/mol. The number of likely N-dealkylation sites (tertiary alicyclic amines) is 1. The van der Waals surface area contributed by atoms with Gasteiger partial charge in [0.2, 0.25) is 5.91 Å². The van der Waals surface area contributed by atoms with Crippen LogP contribution in [0.3, 0.4) is 0 Å². The Balaban J connectivity index is 1.40. The maximum absolute atomic E-state index is 15.2. The van der Waals surface area contributed by atoms with Gasteiger partial charge in [-0.3, -0.25) is 14.6 Å². The lowest BCUT2D eigenvalue weighted by Crippen LogP contribution is -2.55. The Kier molecular flexibility index (Phi) is 8.51. The maximum atomic E-state index is 15.2. The van der Waals surface area contributed by atoms with Crippen LogP contribution in [-0.4, -0.2) is 77.7 Å². The van der Waals surface area contributed by atoms with Crippen molar-refractivity contribution < 1.29 is 18.7 Å². The number of carbonyl (C=O) groups is 2. The Morgan fingerprint density at radius 1 is 1.18 bits per heavy atom. The molecule has 8 nitrogen and oxygen atoms in total. The quantitative estimate of drug-likeness (QED) is 0.600. The Hall–Kier alpha value is -2.86. The molecule has 1 aromatic carbocycles. The Bertz CT molecular complexity index is 1070. The fourth-order valence-electron chi connectivity index (χ4n) is 6.12. The number of nitriles is 1. The van der Waals surface area contributed by atoms with Gasteiger partial charge in [-0.2, -0.15) is 5.26 Å². The van der Waals surface area contributed by atoms with E-state index in [1.165, 1.54) is 6.07 Å². The van der Waals surface area contributed by atoms with Gasteiger partial charge < -0.3 is 15.0 Å². The molecule has 4 rings (SSSR count). The van der Waals surface area contributed by atoms with Crippen molar-refractivity contribution in [3.63, 3.8) is 0 Å². The topological polar surface area (TPSA) is 88.9 Å². The first-order valence-electron chi connectivity index (χ1n) is 14.0. The summed E-state index contributed by atoms with van der Waals surface area (Å²) in [7, 11) is 0. The molecule has 0 aromatic heterocycles. The number of nitrogens with one attached hydrogen (secondary N) is 1. The summed E-state index contributed by atoms with van der Waals surface area (Å²) < 4.78 is 20.7. The van der Waals surface area contributed by atoms with Gasteiger partial charge in [-0.05, 0) is 83.9 Å². The number of halogens is 1. The van der Waals surface area contributed by atoms with Crippen molar-refractivity contribution in [2.45, 2.75) is 96.5 Å². The van der Waals surface area contributed by atoms with Crippen LogP contribution < -0.4 is 10.2 Å². The van der Waals surface area contributed by atoms with Crippen molar-refractivity contribution in [2.24, 2.45) is 5.92 Å². The predicted octanol–water partition coefficient (Wildman–Crippen LogP) is 4.09. The molecule has 2 heterocycles. The summed E-state index contributed by atoms with van der Waals surface area (Å²) in [4.78, 5) is 32.4. The van der Waals surface area contributed by atoms with Gasteiger partial charge in [-0.1, -0.05) is 6.07 Å². The van der Waals surface area contributed by atoms with Gasteiger partial charge in [-0.25, -0.2) is 9.18 Å². The van der Waals surface area contributed by atoms with Crippen molar-refractivity contribution in [2.75, 3.05) is 31.1 Å². The Morgan fingerprint density at radius 2 is 1.95 bits per heavy atom. The number of amides is 2. The number of hydrogen-bond donors (Lipinski definition) is 1. The van der Waals surface area contributed by atoms with Crippen LogP contribution >= 0.6 is 0 Å². The summed E-state index contributed by atoms with van der Waals surface area (Å²) in [6.07, 6.45) is 3.05. The maximum Gasteiger partial charge on any atom is 0.411 e. The van der Waals surface area contributed by atoms with E-state index < -0.39 is 23.8 Å². The van der Waals surface area contributed by atoms with Crippen molar-refractivity contribution in [3.8, 4) is 6.07 Å². The first kappa shape index (κ1) is 28.2. The van der Waals surface area contributed by atoms with Crippen LogP contribution in [0, 0.1) is 23.1 Å². The van der Waals surface area contributed by atoms with Crippen molar-refractivity contribution >= 4 is 17.7 Å². The van der Waals surface area contributed by atoms with Crippen LogP contribution in [0.2, 0.25) is 0 Å². The van der Waals surface area contributed by atoms with Crippen LogP contribution in [-0.2, 0) is 16.0 Å². The molecule has 0 spiro atoms. The number of carbonyl (C=O) groups excluding carboxylic acids is 2. The number of piperidine rings is 1. The molecule has 1 N–H and O–H groups in total. The molecule has 1 aromatic rings. The summed E-state index contributed by atoms with van der Waals surface area (Å²) >= 11 is 0. The SMILES string of the molecule is CC(C)N1CCCN(c2ccc(C[C@@H](C#N)NC(=O)[C@@H]3[C@H]4CC[C@H](C4)N3C(=O)OC(C)(C)C)c(F)c2)CC1. The fourth-order valence-corrected chi connectivity index (χ4v) is 6.12. The summed E-state index contributed by atoms with van der Waals surface area (Å²) in [5.41, 5.74) is 0.556. The average Bonchev–Trinajstić information content (AvgIpc) is 3.37. The highest BCUT2D eigenvalue weighted by molar-refractivity contribution is 5.87. The molecule has 3 aliphatic rings. The van der Waals surface area contributed by atoms with Crippen LogP contribution in [0.1, 0.15) is 65.9 Å². The lowest BCUT2D eigenvalue weighted by Gasteiger charge is -2.35. The molecule has 1 saturated carbocycles. The Morgan fingerprint density at radius 3 is 2.61 bits per heavy atom. The molecule has 0 radical (unpaired) electrons. The molecular weight excluding hydrogens is 485 g/mol. The van der Waals surface area contributed by atoms with E-state index in [4.69, 9.17) is 4.74 Å². The first-order chi connectivity index (χ1) is 18.0. The normalized spacial score (nSPS) is 24.7. The number of anilines is 1. The summed E-state index contributed by atoms with van der Waals surface area (Å²) in [6.45, 7) is 13.5. The van der Waals surface area contributed by atoms with E-state index in [9.17, 15) is 14.9 Å². The number of ether oxygens (including phenoxy) is 1. The van der Waals surface area contributed by atoms with E-state index in [0.717, 1.165) is 57.5 Å². The third-order valence-electron chi connectivity index (χ3n) is 8.02. The number of fused-ring (bicyclic) bond motifs is 2. The largest absolute Gasteiger partial charge is 0.444 e. The zero-order valence-electron chi connectivity index (χ0n) is 23.4. The third kappa shape index (κ3) is 6.40. The number of rotatable bonds is 6. The van der Waals surface area contributed by atoms with Crippen LogP contribution in [0.5, 0.6) is 0 Å². The van der Waals surface area contributed by atoms with Gasteiger partial charge in [0.15, 0.2) is 0 Å².